The van der Waals surface area contributed by atoms with Gasteiger partial charge in [-0.05, 0) is 36.4 Å². The van der Waals surface area contributed by atoms with Crippen LogP contribution < -0.4 is 20.8 Å². The van der Waals surface area contributed by atoms with E-state index >= 15 is 0 Å². The second-order valence-corrected chi connectivity index (χ2v) is 3.99. The number of nitrogens with zero attached hydrogens (tertiary/aromatic N) is 1. The molecule has 0 bridgehead atoms. The summed E-state index contributed by atoms with van der Waals surface area (Å²) in [5.74, 6) is 1.51. The highest BCUT2D eigenvalue weighted by Crippen LogP contribution is 2.16. The summed E-state index contributed by atoms with van der Waals surface area (Å²) >= 11 is 0. The van der Waals surface area contributed by atoms with E-state index in [-0.39, 0.29) is 11.2 Å². The van der Waals surface area contributed by atoms with E-state index in [1.807, 2.05) is 24.3 Å². The van der Waals surface area contributed by atoms with Gasteiger partial charge in [-0.2, -0.15) is 0 Å². The van der Waals surface area contributed by atoms with E-state index in [0.717, 1.165) is 11.5 Å². The number of aromatic nitrogens is 1. The molecule has 0 aliphatic carbocycles. The number of ether oxygens (including phenoxy) is 2. The van der Waals surface area contributed by atoms with Gasteiger partial charge in [-0.25, -0.2) is 0 Å². The summed E-state index contributed by atoms with van der Waals surface area (Å²) in [4.78, 5) is 11.7. The van der Waals surface area contributed by atoms with E-state index in [1.165, 1.54) is 4.57 Å². The average Bonchev–Trinajstić information content (AvgIpc) is 2.44. The summed E-state index contributed by atoms with van der Waals surface area (Å²) in [5, 5.41) is 0. The van der Waals surface area contributed by atoms with Crippen LogP contribution in [-0.2, 0) is 6.54 Å². The second-order valence-electron chi connectivity index (χ2n) is 3.99. The number of pyridine rings is 1. The lowest BCUT2D eigenvalue weighted by Crippen LogP contribution is -2.24. The smallest absolute Gasteiger partial charge is 0.273 e. The van der Waals surface area contributed by atoms with Gasteiger partial charge in [0.1, 0.15) is 18.1 Å². The summed E-state index contributed by atoms with van der Waals surface area (Å²) in [7, 11) is 1.61. The van der Waals surface area contributed by atoms with Crippen molar-refractivity contribution in [3.8, 4) is 11.5 Å². The van der Waals surface area contributed by atoms with E-state index in [1.54, 1.807) is 25.4 Å². The van der Waals surface area contributed by atoms with Crippen molar-refractivity contribution in [1.82, 2.24) is 4.57 Å². The molecule has 1 heterocycles. The van der Waals surface area contributed by atoms with Crippen molar-refractivity contribution < 1.29 is 9.47 Å². The second kappa shape index (κ2) is 5.95. The van der Waals surface area contributed by atoms with Crippen LogP contribution >= 0.6 is 0 Å². The Hall–Kier alpha value is -2.43. The fourth-order valence-corrected chi connectivity index (χ4v) is 1.67. The van der Waals surface area contributed by atoms with Crippen molar-refractivity contribution >= 4 is 5.69 Å². The molecule has 0 fully saturated rings. The Kier molecular flexibility index (Phi) is 4.07. The Bertz CT molecular complexity index is 590. The molecule has 1 aromatic carbocycles. The molecule has 0 atom stereocenters. The molecule has 2 rings (SSSR count). The third-order valence-electron chi connectivity index (χ3n) is 2.71. The normalized spacial score (nSPS) is 10.2. The minimum Gasteiger partial charge on any atom is -0.497 e. The number of benzene rings is 1. The highest BCUT2D eigenvalue weighted by molar-refractivity contribution is 5.33. The van der Waals surface area contributed by atoms with Crippen LogP contribution in [-0.4, -0.2) is 18.3 Å². The number of nitrogen functional groups attached to an aromatic ring is 1. The Balaban J connectivity index is 1.92. The third kappa shape index (κ3) is 3.28. The molecule has 0 spiro atoms. The average molecular weight is 260 g/mol. The number of nitrogens with two attached hydrogens (primary N) is 1. The van der Waals surface area contributed by atoms with Gasteiger partial charge in [-0.3, -0.25) is 4.79 Å². The number of anilines is 1. The molecule has 0 radical (unpaired) electrons. The minimum atomic E-state index is -0.194. The third-order valence-corrected chi connectivity index (χ3v) is 2.71. The van der Waals surface area contributed by atoms with Crippen LogP contribution in [0.3, 0.4) is 0 Å². The van der Waals surface area contributed by atoms with E-state index in [4.69, 9.17) is 15.2 Å². The minimum absolute atomic E-state index is 0.194. The lowest BCUT2D eigenvalue weighted by Gasteiger charge is -2.09. The van der Waals surface area contributed by atoms with Gasteiger partial charge in [0, 0.05) is 6.20 Å². The van der Waals surface area contributed by atoms with Crippen molar-refractivity contribution in [3.05, 3.63) is 52.9 Å². The van der Waals surface area contributed by atoms with Crippen molar-refractivity contribution in [2.24, 2.45) is 0 Å². The topological polar surface area (TPSA) is 66.5 Å². The number of rotatable bonds is 5. The van der Waals surface area contributed by atoms with Crippen molar-refractivity contribution in [2.45, 2.75) is 6.54 Å². The van der Waals surface area contributed by atoms with Gasteiger partial charge in [0.2, 0.25) is 0 Å². The first-order chi connectivity index (χ1) is 9.20. The van der Waals surface area contributed by atoms with Gasteiger partial charge in [0.25, 0.3) is 5.56 Å². The molecule has 2 N–H and O–H groups in total. The molecule has 0 aliphatic heterocycles. The van der Waals surface area contributed by atoms with Crippen LogP contribution in [0, 0.1) is 0 Å². The molecular formula is C14H16N2O3. The van der Waals surface area contributed by atoms with Gasteiger partial charge in [0.05, 0.1) is 19.3 Å². The largest absolute Gasteiger partial charge is 0.497 e. The number of hydrogen-bond acceptors (Lipinski definition) is 4. The molecule has 100 valence electrons. The van der Waals surface area contributed by atoms with Gasteiger partial charge >= 0.3 is 0 Å². The van der Waals surface area contributed by atoms with Gasteiger partial charge < -0.3 is 19.8 Å². The molecule has 0 saturated heterocycles. The highest BCUT2D eigenvalue weighted by Gasteiger charge is 2.00. The molecule has 0 unspecified atom stereocenters. The summed E-state index contributed by atoms with van der Waals surface area (Å²) in [6.07, 6.45) is 1.69. The quantitative estimate of drug-likeness (QED) is 0.885. The zero-order valence-corrected chi connectivity index (χ0v) is 10.7. The molecular weight excluding hydrogens is 244 g/mol. The van der Waals surface area contributed by atoms with Gasteiger partial charge in [0.15, 0.2) is 0 Å². The molecule has 0 aliphatic rings. The maximum atomic E-state index is 11.7. The van der Waals surface area contributed by atoms with Crippen LogP contribution in [0.15, 0.2) is 47.4 Å². The molecule has 0 saturated carbocycles. The van der Waals surface area contributed by atoms with Crippen molar-refractivity contribution in [2.75, 3.05) is 19.5 Å². The van der Waals surface area contributed by atoms with E-state index in [0.29, 0.717) is 13.2 Å². The van der Waals surface area contributed by atoms with Crippen LogP contribution in [0.2, 0.25) is 0 Å². The van der Waals surface area contributed by atoms with Crippen LogP contribution in [0.25, 0.3) is 0 Å². The first kappa shape index (κ1) is 13.0. The van der Waals surface area contributed by atoms with Crippen molar-refractivity contribution in [1.29, 1.82) is 0 Å². The SMILES string of the molecule is COc1ccc(OCCn2cccc(N)c2=O)cc1. The summed E-state index contributed by atoms with van der Waals surface area (Å²) < 4.78 is 12.1. The molecule has 0 amide bonds. The standard InChI is InChI=1S/C14H16N2O3/c1-18-11-4-6-12(7-5-11)19-10-9-16-8-2-3-13(15)14(16)17/h2-8H,9-10,15H2,1H3. The predicted molar refractivity (Wildman–Crippen MR) is 73.6 cm³/mol. The Labute approximate surface area is 111 Å². The molecule has 5 nitrogen and oxygen atoms in total. The molecule has 2 aromatic rings. The zero-order chi connectivity index (χ0) is 13.7. The van der Waals surface area contributed by atoms with Crippen molar-refractivity contribution in [3.63, 3.8) is 0 Å². The Morgan fingerprint density at radius 2 is 1.84 bits per heavy atom. The summed E-state index contributed by atoms with van der Waals surface area (Å²) in [6, 6.07) is 10.6. The van der Waals surface area contributed by atoms with Gasteiger partial charge in [-0.1, -0.05) is 0 Å². The van der Waals surface area contributed by atoms with E-state index < -0.39 is 0 Å². The number of methoxy groups -OCH3 is 1. The monoisotopic (exact) mass is 260 g/mol. The van der Waals surface area contributed by atoms with E-state index in [9.17, 15) is 4.79 Å². The van der Waals surface area contributed by atoms with Crippen LogP contribution in [0.4, 0.5) is 5.69 Å². The first-order valence-electron chi connectivity index (χ1n) is 5.92. The van der Waals surface area contributed by atoms with E-state index in [2.05, 4.69) is 0 Å². The summed E-state index contributed by atoms with van der Waals surface area (Å²) in [6.45, 7) is 0.853. The van der Waals surface area contributed by atoms with Crippen LogP contribution in [0.5, 0.6) is 11.5 Å². The maximum absolute atomic E-state index is 11.7. The maximum Gasteiger partial charge on any atom is 0.273 e. The zero-order valence-electron chi connectivity index (χ0n) is 10.7. The predicted octanol–water partition coefficient (Wildman–Crippen LogP) is 1.52. The Morgan fingerprint density at radius 3 is 2.53 bits per heavy atom. The lowest BCUT2D eigenvalue weighted by atomic mass is 10.3. The molecule has 19 heavy (non-hydrogen) atoms. The summed E-state index contributed by atoms with van der Waals surface area (Å²) in [5.41, 5.74) is 5.60. The molecule has 5 heteroatoms. The first-order valence-corrected chi connectivity index (χ1v) is 5.92. The van der Waals surface area contributed by atoms with Crippen LogP contribution in [0.1, 0.15) is 0 Å². The fraction of sp³-hybridized carbons (Fsp3) is 0.214. The number of hydrogen-bond donors (Lipinski definition) is 1. The Morgan fingerprint density at radius 1 is 1.16 bits per heavy atom. The fourth-order valence-electron chi connectivity index (χ4n) is 1.67. The van der Waals surface area contributed by atoms with Gasteiger partial charge in [-0.15, -0.1) is 0 Å². The lowest BCUT2D eigenvalue weighted by molar-refractivity contribution is 0.296. The highest BCUT2D eigenvalue weighted by atomic mass is 16.5. The molecule has 1 aromatic heterocycles.